The molecule has 0 spiro atoms. The molecule has 3 heteroatoms. The van der Waals surface area contributed by atoms with Crippen molar-refractivity contribution in [1.29, 1.82) is 0 Å². The molecule has 0 radical (unpaired) electrons. The molecule has 1 aliphatic heterocycles. The number of nitrogens with one attached hydrogen (secondary N) is 1. The molecule has 1 aromatic carbocycles. The van der Waals surface area contributed by atoms with E-state index in [9.17, 15) is 0 Å². The van der Waals surface area contributed by atoms with Crippen molar-refractivity contribution < 1.29 is 4.74 Å². The van der Waals surface area contributed by atoms with Crippen molar-refractivity contribution in [1.82, 2.24) is 0 Å². The van der Waals surface area contributed by atoms with Crippen molar-refractivity contribution >= 4 is 11.4 Å². The first-order valence-corrected chi connectivity index (χ1v) is 7.66. The van der Waals surface area contributed by atoms with Gasteiger partial charge in [0.15, 0.2) is 0 Å². The van der Waals surface area contributed by atoms with Crippen LogP contribution in [0.3, 0.4) is 0 Å². The van der Waals surface area contributed by atoms with E-state index >= 15 is 0 Å². The summed E-state index contributed by atoms with van der Waals surface area (Å²) in [6, 6.07) is 7.18. The van der Waals surface area contributed by atoms with Gasteiger partial charge in [-0.3, -0.25) is 0 Å². The molecule has 1 aliphatic carbocycles. The molecule has 0 atom stereocenters. The van der Waals surface area contributed by atoms with E-state index in [1.165, 1.54) is 37.1 Å². The Morgan fingerprint density at radius 1 is 1.32 bits per heavy atom. The zero-order valence-corrected chi connectivity index (χ0v) is 11.8. The van der Waals surface area contributed by atoms with Crippen LogP contribution in [0.25, 0.3) is 0 Å². The van der Waals surface area contributed by atoms with E-state index < -0.39 is 0 Å². The number of benzene rings is 1. The Morgan fingerprint density at radius 3 is 2.95 bits per heavy atom. The number of fused-ring (bicyclic) bond motifs is 1. The number of hydrogen-bond acceptors (Lipinski definition) is 3. The van der Waals surface area contributed by atoms with Gasteiger partial charge in [-0.15, -0.1) is 0 Å². The second-order valence-corrected chi connectivity index (χ2v) is 5.56. The van der Waals surface area contributed by atoms with Crippen molar-refractivity contribution in [2.45, 2.75) is 45.1 Å². The van der Waals surface area contributed by atoms with E-state index in [1.54, 1.807) is 0 Å². The van der Waals surface area contributed by atoms with Crippen LogP contribution in [0.5, 0.6) is 5.75 Å². The predicted molar refractivity (Wildman–Crippen MR) is 80.3 cm³/mol. The summed E-state index contributed by atoms with van der Waals surface area (Å²) in [4.78, 5) is 2.59. The Balaban J connectivity index is 1.86. The molecule has 3 rings (SSSR count). The van der Waals surface area contributed by atoms with Gasteiger partial charge in [0.1, 0.15) is 11.4 Å². The van der Waals surface area contributed by atoms with Crippen LogP contribution in [0.1, 0.15) is 39.0 Å². The topological polar surface area (TPSA) is 24.5 Å². The third-order valence-corrected chi connectivity index (χ3v) is 4.20. The highest BCUT2D eigenvalue weighted by molar-refractivity contribution is 5.78. The van der Waals surface area contributed by atoms with Crippen LogP contribution in [0.2, 0.25) is 0 Å². The molecule has 0 saturated heterocycles. The lowest BCUT2D eigenvalue weighted by molar-refractivity contribution is 0.318. The molecule has 2 aliphatic rings. The Labute approximate surface area is 115 Å². The fourth-order valence-corrected chi connectivity index (χ4v) is 3.29. The summed E-state index contributed by atoms with van der Waals surface area (Å²) in [5.41, 5.74) is 2.54. The van der Waals surface area contributed by atoms with E-state index in [1.807, 2.05) is 0 Å². The van der Waals surface area contributed by atoms with Crippen molar-refractivity contribution in [2.75, 3.05) is 29.9 Å². The van der Waals surface area contributed by atoms with E-state index in [-0.39, 0.29) is 0 Å². The van der Waals surface area contributed by atoms with Crippen LogP contribution in [-0.4, -0.2) is 25.7 Å². The first-order chi connectivity index (χ1) is 9.40. The van der Waals surface area contributed by atoms with Crippen LogP contribution in [0, 0.1) is 0 Å². The summed E-state index contributed by atoms with van der Waals surface area (Å²) < 4.78 is 5.88. The average Bonchev–Trinajstić information content (AvgIpc) is 2.98. The van der Waals surface area contributed by atoms with Crippen LogP contribution in [-0.2, 0) is 0 Å². The largest absolute Gasteiger partial charge is 0.491 e. The maximum Gasteiger partial charge on any atom is 0.144 e. The van der Waals surface area contributed by atoms with Gasteiger partial charge in [-0.1, -0.05) is 25.8 Å². The first-order valence-electron chi connectivity index (χ1n) is 7.66. The molecule has 19 heavy (non-hydrogen) atoms. The Kier molecular flexibility index (Phi) is 3.81. The lowest BCUT2D eigenvalue weighted by Crippen LogP contribution is -2.40. The van der Waals surface area contributed by atoms with Gasteiger partial charge in [0.05, 0.1) is 12.3 Å². The summed E-state index contributed by atoms with van der Waals surface area (Å²) in [7, 11) is 0. The van der Waals surface area contributed by atoms with Gasteiger partial charge in [0.25, 0.3) is 0 Å². The highest BCUT2D eigenvalue weighted by Gasteiger charge is 2.27. The number of para-hydroxylation sites is 1. The molecule has 0 aromatic heterocycles. The summed E-state index contributed by atoms with van der Waals surface area (Å²) in [6.45, 7) is 5.08. The van der Waals surface area contributed by atoms with Gasteiger partial charge in [-0.25, -0.2) is 0 Å². The fraction of sp³-hybridized carbons (Fsp3) is 0.625. The molecule has 1 heterocycles. The quantitative estimate of drug-likeness (QED) is 0.894. The van der Waals surface area contributed by atoms with Crippen molar-refractivity contribution in [2.24, 2.45) is 0 Å². The third-order valence-electron chi connectivity index (χ3n) is 4.20. The molecule has 3 nitrogen and oxygen atoms in total. The zero-order valence-electron chi connectivity index (χ0n) is 11.8. The number of nitrogens with zero attached hydrogens (tertiary/aromatic N) is 1. The van der Waals surface area contributed by atoms with E-state index in [0.29, 0.717) is 0 Å². The molecule has 1 saturated carbocycles. The SMILES string of the molecule is CCCOc1cccc2c1NCCN2C1CCCC1. The molecular formula is C16H24N2O. The summed E-state index contributed by atoms with van der Waals surface area (Å²) in [5, 5.41) is 3.53. The number of hydrogen-bond donors (Lipinski definition) is 1. The fourth-order valence-electron chi connectivity index (χ4n) is 3.29. The monoisotopic (exact) mass is 260 g/mol. The second-order valence-electron chi connectivity index (χ2n) is 5.56. The third kappa shape index (κ3) is 2.51. The minimum absolute atomic E-state index is 0.738. The van der Waals surface area contributed by atoms with Crippen LogP contribution >= 0.6 is 0 Å². The van der Waals surface area contributed by atoms with Gasteiger partial charge in [-0.2, -0.15) is 0 Å². The van der Waals surface area contributed by atoms with Crippen LogP contribution in [0.4, 0.5) is 11.4 Å². The predicted octanol–water partition coefficient (Wildman–Crippen LogP) is 3.65. The summed E-state index contributed by atoms with van der Waals surface area (Å²) >= 11 is 0. The van der Waals surface area contributed by atoms with Crippen molar-refractivity contribution in [3.63, 3.8) is 0 Å². The molecule has 1 N–H and O–H groups in total. The summed E-state index contributed by atoms with van der Waals surface area (Å²) in [5.74, 6) is 1.02. The average molecular weight is 260 g/mol. The van der Waals surface area contributed by atoms with E-state index in [0.717, 1.165) is 37.9 Å². The smallest absolute Gasteiger partial charge is 0.144 e. The van der Waals surface area contributed by atoms with Crippen LogP contribution < -0.4 is 15.0 Å². The Morgan fingerprint density at radius 2 is 2.16 bits per heavy atom. The van der Waals surface area contributed by atoms with Gasteiger partial charge >= 0.3 is 0 Å². The molecule has 1 fully saturated rings. The zero-order chi connectivity index (χ0) is 13.1. The maximum atomic E-state index is 5.88. The molecule has 0 amide bonds. The first kappa shape index (κ1) is 12.6. The van der Waals surface area contributed by atoms with E-state index in [4.69, 9.17) is 4.74 Å². The van der Waals surface area contributed by atoms with Crippen molar-refractivity contribution in [3.8, 4) is 5.75 Å². The Hall–Kier alpha value is -1.38. The van der Waals surface area contributed by atoms with Gasteiger partial charge < -0.3 is 15.0 Å². The lowest BCUT2D eigenvalue weighted by atomic mass is 10.1. The highest BCUT2D eigenvalue weighted by Crippen LogP contribution is 2.40. The maximum absolute atomic E-state index is 5.88. The minimum Gasteiger partial charge on any atom is -0.491 e. The second kappa shape index (κ2) is 5.72. The number of anilines is 2. The van der Waals surface area contributed by atoms with E-state index in [2.05, 4.69) is 35.3 Å². The standard InChI is InChI=1S/C16H24N2O/c1-2-12-19-15-9-5-8-14-16(15)17-10-11-18(14)13-6-3-4-7-13/h5,8-9,13,17H,2-4,6-7,10-12H2,1H3. The van der Waals surface area contributed by atoms with Gasteiger partial charge in [0.2, 0.25) is 0 Å². The highest BCUT2D eigenvalue weighted by atomic mass is 16.5. The van der Waals surface area contributed by atoms with Crippen LogP contribution in [0.15, 0.2) is 18.2 Å². The van der Waals surface area contributed by atoms with Gasteiger partial charge in [-0.05, 0) is 31.4 Å². The number of ether oxygens (including phenoxy) is 1. The molecule has 1 aromatic rings. The molecule has 0 bridgehead atoms. The summed E-state index contributed by atoms with van der Waals surface area (Å²) in [6.07, 6.45) is 6.51. The lowest BCUT2D eigenvalue weighted by Gasteiger charge is -2.37. The van der Waals surface area contributed by atoms with Crippen molar-refractivity contribution in [3.05, 3.63) is 18.2 Å². The number of rotatable bonds is 4. The normalized spacial score (nSPS) is 19.1. The Bertz CT molecular complexity index is 427. The van der Waals surface area contributed by atoms with Gasteiger partial charge in [0, 0.05) is 19.1 Å². The molecular weight excluding hydrogens is 236 g/mol. The molecule has 104 valence electrons. The minimum atomic E-state index is 0.738. The molecule has 0 unspecified atom stereocenters.